The zero-order valence-electron chi connectivity index (χ0n) is 27.3. The van der Waals surface area contributed by atoms with Crippen molar-refractivity contribution in [2.75, 3.05) is 45.6 Å². The lowest BCUT2D eigenvalue weighted by Crippen LogP contribution is -2.48. The molecule has 2 aromatic rings. The first-order valence-electron chi connectivity index (χ1n) is 16.5. The number of aliphatic carboxylic acids is 2. The summed E-state index contributed by atoms with van der Waals surface area (Å²) >= 11 is 3.76. The third-order valence-corrected chi connectivity index (χ3v) is 10.2. The Morgan fingerprint density at radius 3 is 2.24 bits per heavy atom. The molecule has 8 nitrogen and oxygen atoms in total. The van der Waals surface area contributed by atoms with Crippen LogP contribution < -0.4 is 0 Å². The number of piperazine rings is 1. The minimum absolute atomic E-state index is 0.0156. The van der Waals surface area contributed by atoms with E-state index in [0.29, 0.717) is 31.2 Å². The van der Waals surface area contributed by atoms with Crippen LogP contribution in [-0.2, 0) is 25.5 Å². The number of thioether (sulfide) groups is 1. The molecule has 46 heavy (non-hydrogen) atoms. The summed E-state index contributed by atoms with van der Waals surface area (Å²) in [4.78, 5) is 40.6. The van der Waals surface area contributed by atoms with Crippen molar-refractivity contribution >= 4 is 41.4 Å². The van der Waals surface area contributed by atoms with Crippen LogP contribution in [0, 0.1) is 0 Å². The highest BCUT2D eigenvalue weighted by Crippen LogP contribution is 2.44. The van der Waals surface area contributed by atoms with Crippen molar-refractivity contribution in [2.45, 2.75) is 91.9 Å². The highest BCUT2D eigenvalue weighted by molar-refractivity contribution is 7.99. The number of fused-ring (bicyclic) bond motifs is 2. The molecule has 2 aliphatic rings. The van der Waals surface area contributed by atoms with E-state index in [-0.39, 0.29) is 5.97 Å². The molecule has 1 fully saturated rings. The van der Waals surface area contributed by atoms with Gasteiger partial charge in [-0.3, -0.25) is 9.69 Å². The summed E-state index contributed by atoms with van der Waals surface area (Å²) in [5.74, 6) is -2.53. The number of hydrogen-bond donors (Lipinski definition) is 2. The molecule has 0 aliphatic carbocycles. The molecule has 4 rings (SSSR count). The lowest BCUT2D eigenvalue weighted by molar-refractivity contribution is -0.144. The molecule has 2 aliphatic heterocycles. The molecule has 0 spiro atoms. The molecule has 1 atom stereocenters. The summed E-state index contributed by atoms with van der Waals surface area (Å²) in [6.45, 7) is 8.12. The number of carboxylic acids is 2. The second-order valence-corrected chi connectivity index (χ2v) is 13.6. The molecule has 2 aromatic carbocycles. The molecular formula is C36H50N2O6S2. The highest BCUT2D eigenvalue weighted by Gasteiger charge is 2.30. The summed E-state index contributed by atoms with van der Waals surface area (Å²) in [7, 11) is 0. The lowest BCUT2D eigenvalue weighted by atomic mass is 9.96. The Morgan fingerprint density at radius 2 is 1.57 bits per heavy atom. The maximum Gasteiger partial charge on any atom is 0.328 e. The first-order chi connectivity index (χ1) is 22.3. The lowest BCUT2D eigenvalue weighted by Gasteiger charge is -2.39. The predicted octanol–water partition coefficient (Wildman–Crippen LogP) is 7.56. The fourth-order valence-corrected chi connectivity index (χ4v) is 7.32. The van der Waals surface area contributed by atoms with Crippen LogP contribution in [-0.4, -0.2) is 83.5 Å². The van der Waals surface area contributed by atoms with Gasteiger partial charge in [0.05, 0.1) is 6.61 Å². The van der Waals surface area contributed by atoms with Crippen molar-refractivity contribution in [3.05, 3.63) is 65.7 Å². The van der Waals surface area contributed by atoms with Crippen molar-refractivity contribution in [1.82, 2.24) is 9.80 Å². The van der Waals surface area contributed by atoms with Crippen molar-refractivity contribution in [2.24, 2.45) is 0 Å². The van der Waals surface area contributed by atoms with Crippen molar-refractivity contribution in [3.8, 4) is 0 Å². The molecule has 2 heterocycles. The number of rotatable bonds is 16. The minimum Gasteiger partial charge on any atom is -0.478 e. The zero-order valence-corrected chi connectivity index (χ0v) is 29.0. The van der Waals surface area contributed by atoms with E-state index in [9.17, 15) is 14.4 Å². The molecule has 252 valence electrons. The van der Waals surface area contributed by atoms with Gasteiger partial charge in [0, 0.05) is 72.0 Å². The molecule has 0 saturated carbocycles. The van der Waals surface area contributed by atoms with Crippen LogP contribution in [0.2, 0.25) is 0 Å². The van der Waals surface area contributed by atoms with Gasteiger partial charge < -0.3 is 19.8 Å². The Morgan fingerprint density at radius 1 is 0.891 bits per heavy atom. The van der Waals surface area contributed by atoms with E-state index in [4.69, 9.17) is 14.9 Å². The van der Waals surface area contributed by atoms with E-state index < -0.39 is 11.9 Å². The summed E-state index contributed by atoms with van der Waals surface area (Å²) in [6, 6.07) is 16.4. The van der Waals surface area contributed by atoms with E-state index in [1.54, 1.807) is 0 Å². The van der Waals surface area contributed by atoms with Gasteiger partial charge in [-0.15, -0.1) is 11.8 Å². The molecule has 1 saturated heterocycles. The average molecular weight is 671 g/mol. The smallest absolute Gasteiger partial charge is 0.328 e. The number of esters is 1. The Kier molecular flexibility index (Phi) is 17.3. The summed E-state index contributed by atoms with van der Waals surface area (Å²) in [5, 5.41) is 15.6. The van der Waals surface area contributed by atoms with E-state index >= 15 is 0 Å². The van der Waals surface area contributed by atoms with Gasteiger partial charge in [0.25, 0.3) is 0 Å². The summed E-state index contributed by atoms with van der Waals surface area (Å²) < 4.78 is 5.52. The van der Waals surface area contributed by atoms with Crippen LogP contribution in [0.5, 0.6) is 0 Å². The first kappa shape index (κ1) is 37.7. The second-order valence-electron chi connectivity index (χ2n) is 11.7. The molecule has 1 unspecified atom stereocenters. The van der Waals surface area contributed by atoms with Crippen LogP contribution >= 0.6 is 23.5 Å². The summed E-state index contributed by atoms with van der Waals surface area (Å²) in [5.41, 5.74) is 2.95. The van der Waals surface area contributed by atoms with Crippen LogP contribution in [0.25, 0.3) is 0 Å². The Labute approximate surface area is 283 Å². The number of nitrogens with zero attached hydrogens (tertiary/aromatic N) is 2. The summed E-state index contributed by atoms with van der Waals surface area (Å²) in [6.07, 6.45) is 14.5. The van der Waals surface area contributed by atoms with E-state index in [2.05, 4.69) is 65.4 Å². The number of unbranched alkanes of at least 4 members (excludes halogenated alkanes) is 6. The van der Waals surface area contributed by atoms with E-state index in [1.165, 1.54) is 57.9 Å². The van der Waals surface area contributed by atoms with Crippen molar-refractivity contribution in [3.63, 3.8) is 0 Å². The highest BCUT2D eigenvalue weighted by atomic mass is 32.2. The third-order valence-electron chi connectivity index (χ3n) is 8.26. The van der Waals surface area contributed by atoms with Crippen molar-refractivity contribution in [1.29, 1.82) is 0 Å². The Balaban J connectivity index is 0.000000637. The largest absolute Gasteiger partial charge is 0.478 e. The quantitative estimate of drug-likeness (QED) is 0.0804. The molecule has 0 amide bonds. The van der Waals surface area contributed by atoms with Crippen LogP contribution in [0.15, 0.2) is 69.3 Å². The monoisotopic (exact) mass is 670 g/mol. The number of benzene rings is 2. The van der Waals surface area contributed by atoms with Crippen LogP contribution in [0.3, 0.4) is 0 Å². The number of carboxylic acid groups (broad SMARTS) is 2. The molecule has 2 N–H and O–H groups in total. The van der Waals surface area contributed by atoms with Gasteiger partial charge in [0.2, 0.25) is 0 Å². The van der Waals surface area contributed by atoms with Gasteiger partial charge in [-0.25, -0.2) is 9.59 Å². The van der Waals surface area contributed by atoms with Crippen LogP contribution in [0.4, 0.5) is 0 Å². The predicted molar refractivity (Wildman–Crippen MR) is 186 cm³/mol. The zero-order chi connectivity index (χ0) is 33.1. The normalized spacial score (nSPS) is 16.5. The molecule has 10 heteroatoms. The van der Waals surface area contributed by atoms with E-state index in [1.807, 2.05) is 23.5 Å². The standard InChI is InChI=1S/C32H46N2O2S2.C4H4O4/c1-3-4-5-6-7-8-9-15-32(35)36-23-12-18-33-19-21-34(22-20-33)29-24-26-13-10-11-14-30(26)38-31-17-16-27(37-2)25-28(29)31;5-3(6)1-2-4(7)8/h10-11,13-14,16-17,25,29H,3-9,12,15,18-24H2,1-2H3;1-2H,(H,5,6)(H,7,8)/b;2-1-. The maximum absolute atomic E-state index is 12.1. The second kappa shape index (κ2) is 21.2. The van der Waals surface area contributed by atoms with Gasteiger partial charge in [-0.2, -0.15) is 0 Å². The fourth-order valence-electron chi connectivity index (χ4n) is 5.76. The van der Waals surface area contributed by atoms with E-state index in [0.717, 1.165) is 58.4 Å². The number of ether oxygens (including phenoxy) is 1. The van der Waals surface area contributed by atoms with Gasteiger partial charge >= 0.3 is 17.9 Å². The number of carbonyl (C=O) groups excluding carboxylic acids is 1. The first-order valence-corrected chi connectivity index (χ1v) is 18.5. The Hall–Kier alpha value is -2.79. The average Bonchev–Trinajstić information content (AvgIpc) is 3.22. The van der Waals surface area contributed by atoms with Gasteiger partial charge in [0.1, 0.15) is 0 Å². The number of carbonyl (C=O) groups is 3. The topological polar surface area (TPSA) is 107 Å². The number of hydrogen-bond acceptors (Lipinski definition) is 8. The molecule has 0 radical (unpaired) electrons. The SMILES string of the molecule is CCCCCCCCCC(=O)OCCCN1CCN(C2Cc3ccccc3Sc3ccc(SC)cc32)CC1.O=C(O)/C=C\C(=O)O. The van der Waals surface area contributed by atoms with Gasteiger partial charge in [-0.1, -0.05) is 75.4 Å². The van der Waals surface area contributed by atoms with Gasteiger partial charge in [-0.05, 0) is 60.9 Å². The molecule has 0 bridgehead atoms. The van der Waals surface area contributed by atoms with Gasteiger partial charge in [0.15, 0.2) is 0 Å². The third kappa shape index (κ3) is 13.5. The fraction of sp³-hybridized carbons (Fsp3) is 0.528. The van der Waals surface area contributed by atoms with Crippen molar-refractivity contribution < 1.29 is 29.3 Å². The Bertz CT molecular complexity index is 1260. The minimum atomic E-state index is -1.26. The molecular weight excluding hydrogens is 621 g/mol. The van der Waals surface area contributed by atoms with Crippen LogP contribution in [0.1, 0.15) is 81.9 Å². The maximum atomic E-state index is 12.1. The molecule has 0 aromatic heterocycles.